The third-order valence-corrected chi connectivity index (χ3v) is 7.22. The van der Waals surface area contributed by atoms with Gasteiger partial charge in [-0.1, -0.05) is 6.07 Å². The summed E-state index contributed by atoms with van der Waals surface area (Å²) in [6, 6.07) is 9.54. The Hall–Kier alpha value is -1.96. The molecule has 4 rings (SSSR count). The predicted molar refractivity (Wildman–Crippen MR) is 101 cm³/mol. The van der Waals surface area contributed by atoms with Crippen LogP contribution in [0.5, 0.6) is 0 Å². The Kier molecular flexibility index (Phi) is 4.45. The molecular formula is C18H15NO3S3. The van der Waals surface area contributed by atoms with Crippen molar-refractivity contribution < 1.29 is 14.3 Å². The van der Waals surface area contributed by atoms with Gasteiger partial charge in [0.1, 0.15) is 4.88 Å². The molecule has 0 fully saturated rings. The highest BCUT2D eigenvalue weighted by Crippen LogP contribution is 2.40. The molecule has 1 aliphatic rings. The van der Waals surface area contributed by atoms with Gasteiger partial charge in [0.05, 0.1) is 18.0 Å². The Bertz CT molecular complexity index is 910. The third-order valence-electron chi connectivity index (χ3n) is 4.24. The zero-order valence-electron chi connectivity index (χ0n) is 13.4. The Morgan fingerprint density at radius 1 is 1.12 bits per heavy atom. The summed E-state index contributed by atoms with van der Waals surface area (Å²) in [6.07, 6.45) is 0.871. The van der Waals surface area contributed by atoms with Crippen LogP contribution >= 0.6 is 34.0 Å². The summed E-state index contributed by atoms with van der Waals surface area (Å²) in [5, 5.41) is 4.14. The molecule has 0 saturated carbocycles. The number of carbonyl (C=O) groups is 2. The van der Waals surface area contributed by atoms with Crippen LogP contribution in [-0.4, -0.2) is 30.4 Å². The molecule has 0 unspecified atom stereocenters. The van der Waals surface area contributed by atoms with Crippen LogP contribution in [0.25, 0.3) is 0 Å². The smallest absolute Gasteiger partial charge is 0.348 e. The van der Waals surface area contributed by atoms with E-state index in [4.69, 9.17) is 4.74 Å². The minimum Gasteiger partial charge on any atom is -0.465 e. The van der Waals surface area contributed by atoms with Crippen molar-refractivity contribution in [3.05, 3.63) is 66.2 Å². The monoisotopic (exact) mass is 389 g/mol. The number of carbonyl (C=O) groups excluding carboxylic acids is 2. The normalized spacial score (nSPS) is 16.5. The van der Waals surface area contributed by atoms with Crippen molar-refractivity contribution in [1.82, 2.24) is 4.90 Å². The number of ether oxygens (including phenoxy) is 1. The van der Waals surface area contributed by atoms with Crippen molar-refractivity contribution in [2.75, 3.05) is 13.7 Å². The summed E-state index contributed by atoms with van der Waals surface area (Å²) in [6.45, 7) is 0.681. The number of amides is 1. The third kappa shape index (κ3) is 2.92. The number of rotatable bonds is 3. The highest BCUT2D eigenvalue weighted by atomic mass is 32.1. The summed E-state index contributed by atoms with van der Waals surface area (Å²) in [5.74, 6) is -0.437. The number of hydrogen-bond donors (Lipinski definition) is 0. The molecule has 0 aliphatic carbocycles. The van der Waals surface area contributed by atoms with Gasteiger partial charge in [-0.05, 0) is 47.0 Å². The fourth-order valence-corrected chi connectivity index (χ4v) is 5.73. The lowest BCUT2D eigenvalue weighted by Crippen LogP contribution is -2.39. The van der Waals surface area contributed by atoms with E-state index < -0.39 is 5.97 Å². The first-order chi connectivity index (χ1) is 12.2. The molecule has 0 radical (unpaired) electrons. The highest BCUT2D eigenvalue weighted by Gasteiger charge is 2.34. The maximum Gasteiger partial charge on any atom is 0.348 e. The Morgan fingerprint density at radius 2 is 1.96 bits per heavy atom. The molecular weight excluding hydrogens is 374 g/mol. The van der Waals surface area contributed by atoms with E-state index in [9.17, 15) is 9.59 Å². The quantitative estimate of drug-likeness (QED) is 0.622. The molecule has 1 amide bonds. The molecule has 1 aliphatic heterocycles. The van der Waals surface area contributed by atoms with E-state index in [0.29, 0.717) is 16.3 Å². The number of methoxy groups -OCH3 is 1. The second-order valence-electron chi connectivity index (χ2n) is 5.62. The van der Waals surface area contributed by atoms with Gasteiger partial charge in [-0.3, -0.25) is 4.79 Å². The van der Waals surface area contributed by atoms with Gasteiger partial charge in [0, 0.05) is 16.3 Å². The average Bonchev–Trinajstić information content (AvgIpc) is 3.40. The standard InChI is InChI=1S/C18H15NO3S3/c1-22-18(21)15-5-4-14(25-15)17(20)19-8-6-12-11(7-10-24-12)16(19)13-3-2-9-23-13/h2-5,7,9-10,16H,6,8H2,1H3/t16-/m1/s1. The van der Waals surface area contributed by atoms with Crippen LogP contribution in [0.1, 0.15) is 40.7 Å². The molecule has 1 atom stereocenters. The van der Waals surface area contributed by atoms with Gasteiger partial charge in [-0.15, -0.1) is 34.0 Å². The highest BCUT2D eigenvalue weighted by molar-refractivity contribution is 7.15. The number of thiophene rings is 3. The summed E-state index contributed by atoms with van der Waals surface area (Å²) >= 11 is 4.61. The molecule has 3 aromatic rings. The van der Waals surface area contributed by atoms with Crippen molar-refractivity contribution in [2.24, 2.45) is 0 Å². The second kappa shape index (κ2) is 6.74. The summed E-state index contributed by atoms with van der Waals surface area (Å²) in [7, 11) is 1.35. The number of fused-ring (bicyclic) bond motifs is 1. The zero-order valence-corrected chi connectivity index (χ0v) is 15.9. The van der Waals surface area contributed by atoms with Gasteiger partial charge in [-0.25, -0.2) is 4.79 Å². The van der Waals surface area contributed by atoms with Gasteiger partial charge in [0.2, 0.25) is 0 Å². The van der Waals surface area contributed by atoms with E-state index in [-0.39, 0.29) is 11.9 Å². The van der Waals surface area contributed by atoms with E-state index >= 15 is 0 Å². The lowest BCUT2D eigenvalue weighted by atomic mass is 9.98. The van der Waals surface area contributed by atoms with Gasteiger partial charge in [0.25, 0.3) is 5.91 Å². The van der Waals surface area contributed by atoms with Crippen LogP contribution in [0.2, 0.25) is 0 Å². The van der Waals surface area contributed by atoms with Crippen molar-refractivity contribution in [2.45, 2.75) is 12.5 Å². The zero-order chi connectivity index (χ0) is 17.4. The second-order valence-corrected chi connectivity index (χ2v) is 8.68. The van der Waals surface area contributed by atoms with Gasteiger partial charge >= 0.3 is 5.97 Å². The first-order valence-electron chi connectivity index (χ1n) is 7.78. The largest absolute Gasteiger partial charge is 0.465 e. The maximum absolute atomic E-state index is 13.2. The molecule has 0 spiro atoms. The van der Waals surface area contributed by atoms with Crippen LogP contribution in [0.15, 0.2) is 41.1 Å². The van der Waals surface area contributed by atoms with Crippen LogP contribution < -0.4 is 0 Å². The van der Waals surface area contributed by atoms with Crippen molar-refractivity contribution >= 4 is 45.9 Å². The van der Waals surface area contributed by atoms with E-state index in [1.165, 1.54) is 28.9 Å². The predicted octanol–water partition coefficient (Wildman–Crippen LogP) is 4.45. The number of nitrogens with zero attached hydrogens (tertiary/aromatic N) is 1. The van der Waals surface area contributed by atoms with Gasteiger partial charge < -0.3 is 9.64 Å². The Balaban J connectivity index is 1.70. The van der Waals surface area contributed by atoms with Crippen LogP contribution in [0, 0.1) is 0 Å². The van der Waals surface area contributed by atoms with E-state index in [1.807, 2.05) is 16.3 Å². The maximum atomic E-state index is 13.2. The molecule has 4 heterocycles. The molecule has 0 bridgehead atoms. The Labute approximate surface area is 157 Å². The van der Waals surface area contributed by atoms with Crippen molar-refractivity contribution in [3.8, 4) is 0 Å². The SMILES string of the molecule is COC(=O)c1ccc(C(=O)N2CCc3sccc3[C@@H]2c2cccs2)s1. The molecule has 3 aromatic heterocycles. The van der Waals surface area contributed by atoms with Crippen molar-refractivity contribution in [1.29, 1.82) is 0 Å². The first kappa shape index (κ1) is 16.5. The lowest BCUT2D eigenvalue weighted by molar-refractivity contribution is 0.0606. The molecule has 128 valence electrons. The topological polar surface area (TPSA) is 46.6 Å². The summed E-state index contributed by atoms with van der Waals surface area (Å²) in [4.78, 5) is 30.3. The number of esters is 1. The molecule has 0 aromatic carbocycles. The minimum atomic E-state index is -0.405. The average molecular weight is 390 g/mol. The fourth-order valence-electron chi connectivity index (χ4n) is 3.09. The summed E-state index contributed by atoms with van der Waals surface area (Å²) in [5.41, 5.74) is 1.22. The molecule has 0 N–H and O–H groups in total. The molecule has 0 saturated heterocycles. The van der Waals surface area contributed by atoms with E-state index in [2.05, 4.69) is 17.5 Å². The van der Waals surface area contributed by atoms with Crippen LogP contribution in [0.4, 0.5) is 0 Å². The fraction of sp³-hybridized carbons (Fsp3) is 0.222. The molecule has 4 nitrogen and oxygen atoms in total. The van der Waals surface area contributed by atoms with E-state index in [0.717, 1.165) is 11.3 Å². The molecule has 7 heteroatoms. The number of hydrogen-bond acceptors (Lipinski definition) is 6. The van der Waals surface area contributed by atoms with Crippen LogP contribution in [0.3, 0.4) is 0 Å². The summed E-state index contributed by atoms with van der Waals surface area (Å²) < 4.78 is 4.74. The minimum absolute atomic E-state index is 0.0320. The van der Waals surface area contributed by atoms with Crippen LogP contribution in [-0.2, 0) is 11.2 Å². The lowest BCUT2D eigenvalue weighted by Gasteiger charge is -2.35. The first-order valence-corrected chi connectivity index (χ1v) is 10.4. The van der Waals surface area contributed by atoms with Crippen molar-refractivity contribution in [3.63, 3.8) is 0 Å². The van der Waals surface area contributed by atoms with E-state index in [1.54, 1.807) is 34.8 Å². The molecule has 25 heavy (non-hydrogen) atoms. The van der Waals surface area contributed by atoms with Gasteiger partial charge in [-0.2, -0.15) is 0 Å². The van der Waals surface area contributed by atoms with Gasteiger partial charge in [0.15, 0.2) is 0 Å². The Morgan fingerprint density at radius 3 is 2.72 bits per heavy atom.